The molecule has 1 aliphatic rings. The number of amides is 1. The molecule has 6 nitrogen and oxygen atoms in total. The Morgan fingerprint density at radius 3 is 2.71 bits per heavy atom. The standard InChI is InChI=1S/C24H24BrN3O3/c1-3-28-13-12-20-17(14-28)22(16-8-4-6-10-19(16)26-20)24(30)31-15(2)23(29)27-21-11-7-5-9-18(21)25/h4-11,15H,3,12-14H2,1-2H3,(H,27,29). The smallest absolute Gasteiger partial charge is 0.339 e. The number of fused-ring (bicyclic) bond motifs is 2. The van der Waals surface area contributed by atoms with Crippen LogP contribution in [0.25, 0.3) is 10.9 Å². The van der Waals surface area contributed by atoms with Crippen molar-refractivity contribution in [2.45, 2.75) is 32.9 Å². The van der Waals surface area contributed by atoms with Gasteiger partial charge in [0.05, 0.1) is 16.8 Å². The van der Waals surface area contributed by atoms with Crippen molar-refractivity contribution >= 4 is 44.4 Å². The molecule has 1 unspecified atom stereocenters. The number of hydrogen-bond donors (Lipinski definition) is 1. The molecule has 0 saturated heterocycles. The van der Waals surface area contributed by atoms with E-state index in [1.54, 1.807) is 13.0 Å². The molecule has 1 aliphatic heterocycles. The van der Waals surface area contributed by atoms with E-state index in [2.05, 4.69) is 33.1 Å². The fourth-order valence-corrected chi connectivity index (χ4v) is 4.20. The molecule has 0 spiro atoms. The molecule has 2 aromatic carbocycles. The summed E-state index contributed by atoms with van der Waals surface area (Å²) in [7, 11) is 0. The van der Waals surface area contributed by atoms with Gasteiger partial charge in [0.15, 0.2) is 6.10 Å². The minimum absolute atomic E-state index is 0.386. The minimum atomic E-state index is -0.951. The predicted molar refractivity (Wildman–Crippen MR) is 124 cm³/mol. The van der Waals surface area contributed by atoms with Crippen molar-refractivity contribution < 1.29 is 14.3 Å². The van der Waals surface area contributed by atoms with Crippen molar-refractivity contribution in [3.8, 4) is 0 Å². The number of likely N-dealkylation sites (N-methyl/N-ethyl adjacent to an activating group) is 1. The van der Waals surface area contributed by atoms with Crippen LogP contribution in [0.4, 0.5) is 5.69 Å². The van der Waals surface area contributed by atoms with Crippen molar-refractivity contribution in [1.29, 1.82) is 0 Å². The van der Waals surface area contributed by atoms with E-state index in [1.165, 1.54) is 0 Å². The van der Waals surface area contributed by atoms with Crippen LogP contribution in [0, 0.1) is 0 Å². The number of nitrogens with one attached hydrogen (secondary N) is 1. The number of rotatable bonds is 5. The van der Waals surface area contributed by atoms with E-state index in [-0.39, 0.29) is 5.91 Å². The summed E-state index contributed by atoms with van der Waals surface area (Å²) >= 11 is 3.41. The minimum Gasteiger partial charge on any atom is -0.449 e. The van der Waals surface area contributed by atoms with E-state index in [9.17, 15) is 9.59 Å². The van der Waals surface area contributed by atoms with Crippen molar-refractivity contribution in [3.05, 3.63) is 69.8 Å². The number of benzene rings is 2. The summed E-state index contributed by atoms with van der Waals surface area (Å²) < 4.78 is 6.40. The number of hydrogen-bond acceptors (Lipinski definition) is 5. The number of nitrogens with zero attached hydrogens (tertiary/aromatic N) is 2. The molecule has 0 fully saturated rings. The molecule has 3 aromatic rings. The third kappa shape index (κ3) is 4.48. The van der Waals surface area contributed by atoms with Crippen LogP contribution in [0.15, 0.2) is 53.0 Å². The highest BCUT2D eigenvalue weighted by atomic mass is 79.9. The van der Waals surface area contributed by atoms with Gasteiger partial charge in [-0.15, -0.1) is 0 Å². The second-order valence-corrected chi connectivity index (χ2v) is 8.42. The summed E-state index contributed by atoms with van der Waals surface area (Å²) in [5.74, 6) is -0.884. The Bertz CT molecular complexity index is 1150. The first kappa shape index (κ1) is 21.5. The number of carbonyl (C=O) groups excluding carboxylic acids is 2. The third-order valence-electron chi connectivity index (χ3n) is 5.56. The summed E-state index contributed by atoms with van der Waals surface area (Å²) in [6.45, 7) is 6.13. The lowest BCUT2D eigenvalue weighted by atomic mass is 9.95. The zero-order chi connectivity index (χ0) is 22.0. The number of ether oxygens (including phenoxy) is 1. The van der Waals surface area contributed by atoms with Gasteiger partial charge in [-0.05, 0) is 47.6 Å². The summed E-state index contributed by atoms with van der Waals surface area (Å²) in [5, 5.41) is 3.55. The van der Waals surface area contributed by atoms with Crippen molar-refractivity contribution in [2.75, 3.05) is 18.4 Å². The molecular formula is C24H24BrN3O3. The number of aromatic nitrogens is 1. The fraction of sp³-hybridized carbons (Fsp3) is 0.292. The van der Waals surface area contributed by atoms with Crippen LogP contribution >= 0.6 is 15.9 Å². The molecule has 0 aliphatic carbocycles. The van der Waals surface area contributed by atoms with Gasteiger partial charge in [0.1, 0.15) is 0 Å². The van der Waals surface area contributed by atoms with Crippen LogP contribution in [0.5, 0.6) is 0 Å². The molecule has 2 heterocycles. The Hall–Kier alpha value is -2.77. The van der Waals surface area contributed by atoms with Gasteiger partial charge < -0.3 is 10.1 Å². The van der Waals surface area contributed by atoms with Crippen LogP contribution < -0.4 is 5.32 Å². The number of anilines is 1. The molecule has 4 rings (SSSR count). The third-order valence-corrected chi connectivity index (χ3v) is 6.25. The van der Waals surface area contributed by atoms with Crippen LogP contribution in [0.2, 0.25) is 0 Å². The maximum absolute atomic E-state index is 13.3. The molecule has 0 radical (unpaired) electrons. The molecule has 1 aromatic heterocycles. The Labute approximate surface area is 189 Å². The van der Waals surface area contributed by atoms with E-state index in [1.807, 2.05) is 42.5 Å². The van der Waals surface area contributed by atoms with E-state index < -0.39 is 12.1 Å². The molecule has 1 N–H and O–H groups in total. The van der Waals surface area contributed by atoms with Gasteiger partial charge >= 0.3 is 5.97 Å². The lowest BCUT2D eigenvalue weighted by molar-refractivity contribution is -0.123. The summed E-state index contributed by atoms with van der Waals surface area (Å²) in [5.41, 5.74) is 3.74. The molecule has 31 heavy (non-hydrogen) atoms. The number of carbonyl (C=O) groups is 2. The SMILES string of the molecule is CCN1CCc2nc3ccccc3c(C(=O)OC(C)C(=O)Nc3ccccc3Br)c2C1. The molecule has 7 heteroatoms. The lowest BCUT2D eigenvalue weighted by Gasteiger charge is -2.29. The lowest BCUT2D eigenvalue weighted by Crippen LogP contribution is -2.34. The quantitative estimate of drug-likeness (QED) is 0.540. The van der Waals surface area contributed by atoms with Gasteiger partial charge in [-0.2, -0.15) is 0 Å². The monoisotopic (exact) mass is 481 g/mol. The van der Waals surface area contributed by atoms with Crippen LogP contribution in [0.3, 0.4) is 0 Å². The Kier molecular flexibility index (Phi) is 6.34. The summed E-state index contributed by atoms with van der Waals surface area (Å²) in [4.78, 5) is 33.0. The number of esters is 1. The fourth-order valence-electron chi connectivity index (χ4n) is 3.82. The van der Waals surface area contributed by atoms with Gasteiger partial charge in [-0.3, -0.25) is 14.7 Å². The zero-order valence-electron chi connectivity index (χ0n) is 17.5. The molecule has 1 amide bonds. The van der Waals surface area contributed by atoms with E-state index in [0.717, 1.165) is 46.1 Å². The van der Waals surface area contributed by atoms with Gasteiger partial charge in [0.2, 0.25) is 0 Å². The van der Waals surface area contributed by atoms with Gasteiger partial charge in [0, 0.05) is 40.6 Å². The average molecular weight is 482 g/mol. The van der Waals surface area contributed by atoms with Crippen molar-refractivity contribution in [1.82, 2.24) is 9.88 Å². The number of pyridine rings is 1. The number of halogens is 1. The highest BCUT2D eigenvalue weighted by Crippen LogP contribution is 2.29. The maximum Gasteiger partial charge on any atom is 0.339 e. The highest BCUT2D eigenvalue weighted by molar-refractivity contribution is 9.10. The van der Waals surface area contributed by atoms with Gasteiger partial charge in [-0.1, -0.05) is 37.3 Å². The first-order valence-electron chi connectivity index (χ1n) is 10.4. The molecule has 0 bridgehead atoms. The topological polar surface area (TPSA) is 71.5 Å². The first-order valence-corrected chi connectivity index (χ1v) is 11.2. The van der Waals surface area contributed by atoms with Crippen LogP contribution in [-0.2, 0) is 22.5 Å². The molecule has 1 atom stereocenters. The van der Waals surface area contributed by atoms with E-state index >= 15 is 0 Å². The van der Waals surface area contributed by atoms with Crippen molar-refractivity contribution in [3.63, 3.8) is 0 Å². The van der Waals surface area contributed by atoms with Gasteiger partial charge in [0.25, 0.3) is 5.91 Å². The Morgan fingerprint density at radius 1 is 1.19 bits per heavy atom. The molecule has 0 saturated carbocycles. The predicted octanol–water partition coefficient (Wildman–Crippen LogP) is 4.56. The largest absolute Gasteiger partial charge is 0.449 e. The Morgan fingerprint density at radius 2 is 1.94 bits per heavy atom. The second-order valence-electron chi connectivity index (χ2n) is 7.56. The normalized spacial score (nSPS) is 14.7. The molecular weight excluding hydrogens is 458 g/mol. The van der Waals surface area contributed by atoms with Gasteiger partial charge in [-0.25, -0.2) is 4.79 Å². The van der Waals surface area contributed by atoms with E-state index in [0.29, 0.717) is 17.8 Å². The summed E-state index contributed by atoms with van der Waals surface area (Å²) in [6.07, 6.45) is -0.167. The second kappa shape index (κ2) is 9.16. The van der Waals surface area contributed by atoms with Crippen molar-refractivity contribution in [2.24, 2.45) is 0 Å². The Balaban J connectivity index is 1.62. The van der Waals surface area contributed by atoms with Crippen LogP contribution in [0.1, 0.15) is 35.5 Å². The first-order chi connectivity index (χ1) is 15.0. The zero-order valence-corrected chi connectivity index (χ0v) is 19.1. The van der Waals surface area contributed by atoms with Crippen LogP contribution in [-0.4, -0.2) is 41.0 Å². The summed E-state index contributed by atoms with van der Waals surface area (Å²) in [6, 6.07) is 14.9. The number of para-hydroxylation sites is 2. The molecule has 160 valence electrons. The highest BCUT2D eigenvalue weighted by Gasteiger charge is 2.28. The van der Waals surface area contributed by atoms with E-state index in [4.69, 9.17) is 9.72 Å². The maximum atomic E-state index is 13.3. The average Bonchev–Trinajstić information content (AvgIpc) is 2.78.